The van der Waals surface area contributed by atoms with Crippen molar-refractivity contribution < 1.29 is 37.1 Å². The van der Waals surface area contributed by atoms with Crippen LogP contribution in [0.15, 0.2) is 24.3 Å². The molecule has 152 valence electrons. The second kappa shape index (κ2) is 8.72. The van der Waals surface area contributed by atoms with E-state index >= 15 is 0 Å². The van der Waals surface area contributed by atoms with Gasteiger partial charge in [-0.1, -0.05) is 6.07 Å². The third kappa shape index (κ3) is 5.44. The van der Waals surface area contributed by atoms with Crippen LogP contribution >= 0.6 is 0 Å². The Balaban J connectivity index is 1.92. The maximum Gasteiger partial charge on any atom is 0.416 e. The van der Waals surface area contributed by atoms with Gasteiger partial charge in [0, 0.05) is 25.7 Å². The molecule has 1 aliphatic heterocycles. The van der Waals surface area contributed by atoms with E-state index in [9.17, 15) is 32.3 Å². The molecule has 1 saturated heterocycles. The van der Waals surface area contributed by atoms with Gasteiger partial charge in [-0.25, -0.2) is 0 Å². The molecule has 2 rings (SSSR count). The maximum atomic E-state index is 12.8. The highest BCUT2D eigenvalue weighted by molar-refractivity contribution is 5.99. The second-order valence-corrected chi connectivity index (χ2v) is 6.01. The highest BCUT2D eigenvalue weighted by Crippen LogP contribution is 2.33. The molecule has 0 aliphatic carbocycles. The van der Waals surface area contributed by atoms with E-state index in [1.807, 2.05) is 0 Å². The van der Waals surface area contributed by atoms with Gasteiger partial charge in [-0.3, -0.25) is 19.2 Å². The molecule has 1 fully saturated rings. The molecule has 0 bridgehead atoms. The summed E-state index contributed by atoms with van der Waals surface area (Å²) >= 11 is 0. The van der Waals surface area contributed by atoms with Gasteiger partial charge in [-0.05, 0) is 18.2 Å². The lowest BCUT2D eigenvalue weighted by atomic mass is 10.1. The largest absolute Gasteiger partial charge is 0.455 e. The summed E-state index contributed by atoms with van der Waals surface area (Å²) in [4.78, 5) is 47.8. The summed E-state index contributed by atoms with van der Waals surface area (Å²) in [6.45, 7) is -1.07. The summed E-state index contributed by atoms with van der Waals surface area (Å²) in [7, 11) is 1.39. The smallest absolute Gasteiger partial charge is 0.416 e. The van der Waals surface area contributed by atoms with Crippen molar-refractivity contribution in [3.8, 4) is 0 Å². The van der Waals surface area contributed by atoms with Crippen LogP contribution in [-0.4, -0.2) is 50.4 Å². The van der Waals surface area contributed by atoms with Crippen LogP contribution < -0.4 is 15.5 Å². The first-order valence-corrected chi connectivity index (χ1v) is 8.23. The fraction of sp³-hybridized carbons (Fsp3) is 0.412. The van der Waals surface area contributed by atoms with Crippen molar-refractivity contribution in [3.63, 3.8) is 0 Å². The van der Waals surface area contributed by atoms with Crippen molar-refractivity contribution in [2.24, 2.45) is 5.92 Å². The SMILES string of the molecule is CNC(=O)CNC(=O)COC(=O)[C@H]1CC(=O)N(c2cccc(C(F)(F)F)c2)C1. The summed E-state index contributed by atoms with van der Waals surface area (Å²) in [5.74, 6) is -3.38. The van der Waals surface area contributed by atoms with Gasteiger partial charge >= 0.3 is 12.1 Å². The first kappa shape index (κ1) is 21.2. The molecular weight excluding hydrogens is 383 g/mol. The van der Waals surface area contributed by atoms with Crippen molar-refractivity contribution in [2.75, 3.05) is 31.6 Å². The van der Waals surface area contributed by atoms with Crippen molar-refractivity contribution >= 4 is 29.4 Å². The third-order valence-corrected chi connectivity index (χ3v) is 4.01. The van der Waals surface area contributed by atoms with Gasteiger partial charge in [0.05, 0.1) is 18.0 Å². The molecule has 1 aromatic rings. The van der Waals surface area contributed by atoms with Gasteiger partial charge in [0.15, 0.2) is 6.61 Å². The molecule has 1 aliphatic rings. The lowest BCUT2D eigenvalue weighted by Gasteiger charge is -2.18. The van der Waals surface area contributed by atoms with E-state index in [1.54, 1.807) is 0 Å². The Kier molecular flexibility index (Phi) is 6.60. The van der Waals surface area contributed by atoms with E-state index in [4.69, 9.17) is 4.74 Å². The first-order valence-electron chi connectivity index (χ1n) is 8.23. The molecule has 2 N–H and O–H groups in total. The van der Waals surface area contributed by atoms with Crippen LogP contribution in [0, 0.1) is 5.92 Å². The number of anilines is 1. The zero-order chi connectivity index (χ0) is 20.9. The fourth-order valence-electron chi connectivity index (χ4n) is 2.54. The van der Waals surface area contributed by atoms with E-state index < -0.39 is 48.0 Å². The highest BCUT2D eigenvalue weighted by atomic mass is 19.4. The minimum Gasteiger partial charge on any atom is -0.455 e. The van der Waals surface area contributed by atoms with Crippen LogP contribution in [0.1, 0.15) is 12.0 Å². The van der Waals surface area contributed by atoms with Crippen LogP contribution in [0.3, 0.4) is 0 Å². The molecule has 0 saturated carbocycles. The van der Waals surface area contributed by atoms with E-state index in [-0.39, 0.29) is 25.2 Å². The minimum absolute atomic E-state index is 0.0263. The van der Waals surface area contributed by atoms with Crippen LogP contribution in [-0.2, 0) is 30.1 Å². The summed E-state index contributed by atoms with van der Waals surface area (Å²) < 4.78 is 43.3. The molecule has 11 heteroatoms. The predicted molar refractivity (Wildman–Crippen MR) is 89.9 cm³/mol. The van der Waals surface area contributed by atoms with Crippen LogP contribution in [0.4, 0.5) is 18.9 Å². The van der Waals surface area contributed by atoms with E-state index in [0.717, 1.165) is 17.0 Å². The minimum atomic E-state index is -4.56. The van der Waals surface area contributed by atoms with Crippen LogP contribution in [0.25, 0.3) is 0 Å². The Hall–Kier alpha value is -3.11. The molecule has 8 nitrogen and oxygen atoms in total. The van der Waals surface area contributed by atoms with Gasteiger partial charge < -0.3 is 20.3 Å². The maximum absolute atomic E-state index is 12.8. The Morgan fingerprint density at radius 3 is 2.61 bits per heavy atom. The van der Waals surface area contributed by atoms with Gasteiger partial charge in [-0.15, -0.1) is 0 Å². The lowest BCUT2D eigenvalue weighted by molar-refractivity contribution is -0.152. The summed E-state index contributed by atoms with van der Waals surface area (Å²) in [5, 5.41) is 4.52. The number of hydrogen-bond acceptors (Lipinski definition) is 5. The number of nitrogens with one attached hydrogen (secondary N) is 2. The average Bonchev–Trinajstić information content (AvgIpc) is 3.05. The molecule has 1 heterocycles. The number of likely N-dealkylation sites (N-methyl/N-ethyl adjacent to an activating group) is 1. The summed E-state index contributed by atoms with van der Waals surface area (Å²) in [6, 6.07) is 4.23. The number of amides is 3. The number of rotatable bonds is 6. The van der Waals surface area contributed by atoms with Gasteiger partial charge in [0.2, 0.25) is 11.8 Å². The second-order valence-electron chi connectivity index (χ2n) is 6.01. The molecular formula is C17H18F3N3O5. The molecule has 28 heavy (non-hydrogen) atoms. The van der Waals surface area contributed by atoms with Gasteiger partial charge in [0.25, 0.3) is 5.91 Å². The third-order valence-electron chi connectivity index (χ3n) is 4.01. The Labute approximate surface area is 158 Å². The summed E-state index contributed by atoms with van der Waals surface area (Å²) in [6.07, 6.45) is -4.80. The van der Waals surface area contributed by atoms with E-state index in [2.05, 4.69) is 10.6 Å². The summed E-state index contributed by atoms with van der Waals surface area (Å²) in [5.41, 5.74) is -0.880. The molecule has 0 radical (unpaired) electrons. The van der Waals surface area contributed by atoms with Crippen molar-refractivity contribution in [2.45, 2.75) is 12.6 Å². The zero-order valence-electron chi connectivity index (χ0n) is 14.8. The number of carbonyl (C=O) groups is 4. The molecule has 3 amide bonds. The number of ether oxygens (including phenoxy) is 1. The zero-order valence-corrected chi connectivity index (χ0v) is 14.8. The monoisotopic (exact) mass is 401 g/mol. The van der Waals surface area contributed by atoms with E-state index in [1.165, 1.54) is 19.2 Å². The number of carbonyl (C=O) groups excluding carboxylic acids is 4. The Morgan fingerprint density at radius 1 is 1.25 bits per heavy atom. The number of halogens is 3. The van der Waals surface area contributed by atoms with Gasteiger partial charge in [-0.2, -0.15) is 13.2 Å². The molecule has 0 spiro atoms. The number of benzene rings is 1. The molecule has 0 aromatic heterocycles. The molecule has 0 unspecified atom stereocenters. The normalized spacial score (nSPS) is 16.6. The lowest BCUT2D eigenvalue weighted by Crippen LogP contribution is -2.37. The van der Waals surface area contributed by atoms with Crippen molar-refractivity contribution in [3.05, 3.63) is 29.8 Å². The van der Waals surface area contributed by atoms with Crippen molar-refractivity contribution in [1.82, 2.24) is 10.6 Å². The van der Waals surface area contributed by atoms with Gasteiger partial charge in [0.1, 0.15) is 0 Å². The standard InChI is InChI=1S/C17H18F3N3O5/c1-21-13(24)7-22-14(25)9-28-16(27)10-5-15(26)23(8-10)12-4-2-3-11(6-12)17(18,19)20/h2-4,6,10H,5,7-9H2,1H3,(H,21,24)(H,22,25)/t10-/m0/s1. The number of nitrogens with zero attached hydrogens (tertiary/aromatic N) is 1. The van der Waals surface area contributed by atoms with Crippen molar-refractivity contribution in [1.29, 1.82) is 0 Å². The quantitative estimate of drug-likeness (QED) is 0.674. The number of hydrogen-bond donors (Lipinski definition) is 2. The Morgan fingerprint density at radius 2 is 1.96 bits per heavy atom. The van der Waals surface area contributed by atoms with Crippen LogP contribution in [0.2, 0.25) is 0 Å². The molecule has 1 atom stereocenters. The predicted octanol–water partition coefficient (Wildman–Crippen LogP) is 0.464. The van der Waals surface area contributed by atoms with E-state index in [0.29, 0.717) is 0 Å². The average molecular weight is 401 g/mol. The fourth-order valence-corrected chi connectivity index (χ4v) is 2.54. The van der Waals surface area contributed by atoms with Crippen LogP contribution in [0.5, 0.6) is 0 Å². The molecule has 1 aromatic carbocycles. The highest BCUT2D eigenvalue weighted by Gasteiger charge is 2.37. The Bertz CT molecular complexity index is 782. The topological polar surface area (TPSA) is 105 Å². The first-order chi connectivity index (χ1) is 13.1. The number of esters is 1. The number of alkyl halides is 3.